The standard InChI is InChI=1S/C14H21N3O3/c1-7-8(2)16-17(5)13(20)11(7)12(19)15-9-6-10(18)14(9,3)4/h9-10,18H,6H2,1-5H3,(H,15,19). The normalized spacial score (nSPS) is 24.1. The first kappa shape index (κ1) is 14.7. The molecule has 2 rings (SSSR count). The summed E-state index contributed by atoms with van der Waals surface area (Å²) in [5.74, 6) is -0.390. The van der Waals surface area contributed by atoms with E-state index in [0.717, 1.165) is 0 Å². The molecule has 0 radical (unpaired) electrons. The Labute approximate surface area is 117 Å². The lowest BCUT2D eigenvalue weighted by atomic mass is 9.64. The number of rotatable bonds is 2. The van der Waals surface area contributed by atoms with Crippen molar-refractivity contribution in [3.05, 3.63) is 27.2 Å². The van der Waals surface area contributed by atoms with Crippen LogP contribution in [0.2, 0.25) is 0 Å². The van der Waals surface area contributed by atoms with Crippen molar-refractivity contribution in [2.45, 2.75) is 46.3 Å². The van der Waals surface area contributed by atoms with E-state index in [1.54, 1.807) is 13.8 Å². The van der Waals surface area contributed by atoms with Gasteiger partial charge in [-0.25, -0.2) is 4.68 Å². The summed E-state index contributed by atoms with van der Waals surface area (Å²) in [4.78, 5) is 24.4. The summed E-state index contributed by atoms with van der Waals surface area (Å²) < 4.78 is 1.18. The average Bonchev–Trinajstić information content (AvgIpc) is 2.36. The molecule has 1 aliphatic carbocycles. The van der Waals surface area contributed by atoms with Crippen molar-refractivity contribution in [2.75, 3.05) is 0 Å². The quantitative estimate of drug-likeness (QED) is 0.815. The van der Waals surface area contributed by atoms with Gasteiger partial charge in [-0.2, -0.15) is 5.10 Å². The van der Waals surface area contributed by atoms with Crippen molar-refractivity contribution in [1.29, 1.82) is 0 Å². The first-order chi connectivity index (χ1) is 9.16. The number of hydrogen-bond acceptors (Lipinski definition) is 4. The number of nitrogens with zero attached hydrogens (tertiary/aromatic N) is 2. The lowest BCUT2D eigenvalue weighted by Crippen LogP contribution is -2.61. The summed E-state index contributed by atoms with van der Waals surface area (Å²) in [6.45, 7) is 7.28. The molecule has 110 valence electrons. The van der Waals surface area contributed by atoms with E-state index in [2.05, 4.69) is 10.4 Å². The highest BCUT2D eigenvalue weighted by Gasteiger charge is 2.48. The molecular weight excluding hydrogens is 258 g/mol. The van der Waals surface area contributed by atoms with E-state index in [1.165, 1.54) is 11.7 Å². The second-order valence-electron chi connectivity index (χ2n) is 6.11. The van der Waals surface area contributed by atoms with Crippen molar-refractivity contribution >= 4 is 5.91 Å². The number of nitrogens with one attached hydrogen (secondary N) is 1. The van der Waals surface area contributed by atoms with Crippen LogP contribution in [0.25, 0.3) is 0 Å². The van der Waals surface area contributed by atoms with E-state index in [4.69, 9.17) is 0 Å². The summed E-state index contributed by atoms with van der Waals surface area (Å²) >= 11 is 0. The zero-order chi connectivity index (χ0) is 15.2. The average molecular weight is 279 g/mol. The second kappa shape index (κ2) is 4.70. The predicted octanol–water partition coefficient (Wildman–Crippen LogP) is 0.286. The van der Waals surface area contributed by atoms with Gasteiger partial charge in [0.25, 0.3) is 11.5 Å². The maximum absolute atomic E-state index is 12.4. The topological polar surface area (TPSA) is 84.2 Å². The predicted molar refractivity (Wildman–Crippen MR) is 74.6 cm³/mol. The molecule has 2 atom stereocenters. The van der Waals surface area contributed by atoms with E-state index >= 15 is 0 Å². The summed E-state index contributed by atoms with van der Waals surface area (Å²) in [6.07, 6.45) is 0.0956. The van der Waals surface area contributed by atoms with Crippen LogP contribution in [-0.4, -0.2) is 32.9 Å². The van der Waals surface area contributed by atoms with Crippen LogP contribution < -0.4 is 10.9 Å². The molecule has 0 spiro atoms. The smallest absolute Gasteiger partial charge is 0.279 e. The van der Waals surface area contributed by atoms with Crippen LogP contribution in [0.3, 0.4) is 0 Å². The SMILES string of the molecule is Cc1nn(C)c(=O)c(C(=O)NC2CC(O)C2(C)C)c1C. The van der Waals surface area contributed by atoms with Crippen molar-refractivity contribution < 1.29 is 9.90 Å². The van der Waals surface area contributed by atoms with Crippen molar-refractivity contribution in [1.82, 2.24) is 15.1 Å². The van der Waals surface area contributed by atoms with Gasteiger partial charge in [0.15, 0.2) is 0 Å². The maximum atomic E-state index is 12.4. The molecule has 0 saturated heterocycles. The van der Waals surface area contributed by atoms with Gasteiger partial charge in [0.2, 0.25) is 0 Å². The van der Waals surface area contributed by atoms with Gasteiger partial charge in [0, 0.05) is 18.5 Å². The van der Waals surface area contributed by atoms with E-state index in [9.17, 15) is 14.7 Å². The Kier molecular flexibility index (Phi) is 3.46. The molecule has 1 saturated carbocycles. The maximum Gasteiger partial charge on any atom is 0.279 e. The number of carbonyl (C=O) groups is 1. The monoisotopic (exact) mass is 279 g/mol. The van der Waals surface area contributed by atoms with Gasteiger partial charge in [-0.3, -0.25) is 9.59 Å². The van der Waals surface area contributed by atoms with Crippen LogP contribution in [0.5, 0.6) is 0 Å². The molecule has 1 aromatic heterocycles. The van der Waals surface area contributed by atoms with E-state index < -0.39 is 17.6 Å². The molecule has 2 N–H and O–H groups in total. The molecule has 1 fully saturated rings. The molecule has 0 aliphatic heterocycles. The Hall–Kier alpha value is -1.69. The molecule has 2 unspecified atom stereocenters. The Bertz CT molecular complexity index is 619. The third-order valence-corrected chi connectivity index (χ3v) is 4.47. The number of aryl methyl sites for hydroxylation is 2. The molecule has 1 aromatic rings. The molecule has 1 amide bonds. The molecule has 1 heterocycles. The van der Waals surface area contributed by atoms with Gasteiger partial charge in [-0.05, 0) is 25.8 Å². The van der Waals surface area contributed by atoms with E-state index in [1.807, 2.05) is 13.8 Å². The van der Waals surface area contributed by atoms with Gasteiger partial charge in [0.1, 0.15) is 5.56 Å². The highest BCUT2D eigenvalue weighted by atomic mass is 16.3. The third-order valence-electron chi connectivity index (χ3n) is 4.47. The number of amides is 1. The summed E-state index contributed by atoms with van der Waals surface area (Å²) in [5, 5.41) is 16.6. The Morgan fingerprint density at radius 1 is 1.45 bits per heavy atom. The number of carbonyl (C=O) groups excluding carboxylic acids is 1. The molecule has 6 nitrogen and oxygen atoms in total. The second-order valence-corrected chi connectivity index (χ2v) is 6.11. The Morgan fingerprint density at radius 3 is 2.55 bits per heavy atom. The minimum absolute atomic E-state index is 0.123. The number of aromatic nitrogens is 2. The molecule has 0 aromatic carbocycles. The van der Waals surface area contributed by atoms with Gasteiger partial charge < -0.3 is 10.4 Å². The van der Waals surface area contributed by atoms with Crippen molar-refractivity contribution in [2.24, 2.45) is 12.5 Å². The molecule has 0 bridgehead atoms. The number of aliphatic hydroxyl groups excluding tert-OH is 1. The molecular formula is C14H21N3O3. The van der Waals surface area contributed by atoms with Crippen LogP contribution >= 0.6 is 0 Å². The van der Waals surface area contributed by atoms with Crippen LogP contribution in [0, 0.1) is 19.3 Å². The van der Waals surface area contributed by atoms with Crippen LogP contribution in [0.1, 0.15) is 41.9 Å². The summed E-state index contributed by atoms with van der Waals surface area (Å²) in [5.41, 5.74) is 0.630. The Morgan fingerprint density at radius 2 is 2.05 bits per heavy atom. The zero-order valence-electron chi connectivity index (χ0n) is 12.5. The lowest BCUT2D eigenvalue weighted by molar-refractivity contribution is -0.0689. The fourth-order valence-electron chi connectivity index (χ4n) is 2.49. The lowest BCUT2D eigenvalue weighted by Gasteiger charge is -2.49. The van der Waals surface area contributed by atoms with Crippen LogP contribution in [-0.2, 0) is 7.05 Å². The van der Waals surface area contributed by atoms with Gasteiger partial charge in [-0.15, -0.1) is 0 Å². The first-order valence-corrected chi connectivity index (χ1v) is 6.69. The van der Waals surface area contributed by atoms with Gasteiger partial charge in [0.05, 0.1) is 11.8 Å². The highest BCUT2D eigenvalue weighted by molar-refractivity contribution is 5.95. The van der Waals surface area contributed by atoms with Crippen LogP contribution in [0.15, 0.2) is 4.79 Å². The van der Waals surface area contributed by atoms with Gasteiger partial charge >= 0.3 is 0 Å². The minimum atomic E-state index is -0.420. The zero-order valence-corrected chi connectivity index (χ0v) is 12.5. The van der Waals surface area contributed by atoms with Crippen LogP contribution in [0.4, 0.5) is 0 Å². The number of aliphatic hydroxyl groups is 1. The minimum Gasteiger partial charge on any atom is -0.392 e. The third kappa shape index (κ3) is 2.14. The first-order valence-electron chi connectivity index (χ1n) is 6.69. The largest absolute Gasteiger partial charge is 0.392 e. The van der Waals surface area contributed by atoms with Crippen molar-refractivity contribution in [3.8, 4) is 0 Å². The summed E-state index contributed by atoms with van der Waals surface area (Å²) in [6, 6.07) is -0.123. The molecule has 1 aliphatic rings. The molecule has 20 heavy (non-hydrogen) atoms. The van der Waals surface area contributed by atoms with Crippen molar-refractivity contribution in [3.63, 3.8) is 0 Å². The number of hydrogen-bond donors (Lipinski definition) is 2. The highest BCUT2D eigenvalue weighted by Crippen LogP contribution is 2.40. The van der Waals surface area contributed by atoms with E-state index in [0.29, 0.717) is 17.7 Å². The van der Waals surface area contributed by atoms with E-state index in [-0.39, 0.29) is 17.0 Å². The fourth-order valence-corrected chi connectivity index (χ4v) is 2.49. The summed E-state index contributed by atoms with van der Waals surface area (Å²) in [7, 11) is 1.53. The Balaban J connectivity index is 2.30. The fraction of sp³-hybridized carbons (Fsp3) is 0.643. The van der Waals surface area contributed by atoms with Gasteiger partial charge in [-0.1, -0.05) is 13.8 Å². The molecule has 6 heteroatoms.